The molecule has 34 heavy (non-hydrogen) atoms. The van der Waals surface area contributed by atoms with Crippen molar-refractivity contribution in [2.45, 2.75) is 12.3 Å². The van der Waals surface area contributed by atoms with E-state index in [0.29, 0.717) is 0 Å². The molecule has 8 rings (SSSR count). The first-order chi connectivity index (χ1) is 16.7. The number of aromatic nitrogens is 1. The molecule has 2 aliphatic rings. The largest absolute Gasteiger partial charge is 0.343 e. The van der Waals surface area contributed by atoms with E-state index in [-0.39, 0.29) is 5.41 Å². The fraction of sp³-hybridized carbons (Fsp3) is 0.0909. The molecular formula is C33H23N. The highest BCUT2D eigenvalue weighted by atomic mass is 14.9. The van der Waals surface area contributed by atoms with Gasteiger partial charge in [-0.1, -0.05) is 96.6 Å². The Morgan fingerprint density at radius 3 is 1.82 bits per heavy atom. The lowest BCUT2D eigenvalue weighted by Gasteiger charge is -2.30. The van der Waals surface area contributed by atoms with Crippen LogP contribution in [0.3, 0.4) is 0 Å². The molecule has 0 saturated heterocycles. The van der Waals surface area contributed by atoms with Crippen LogP contribution >= 0.6 is 0 Å². The first-order valence-corrected chi connectivity index (χ1v) is 12.0. The Morgan fingerprint density at radius 1 is 0.559 bits per heavy atom. The van der Waals surface area contributed by atoms with Crippen molar-refractivity contribution in [3.05, 3.63) is 131 Å². The third-order valence-electron chi connectivity index (χ3n) is 8.27. The Morgan fingerprint density at radius 2 is 1.15 bits per heavy atom. The molecule has 160 valence electrons. The molecular weight excluding hydrogens is 410 g/mol. The summed E-state index contributed by atoms with van der Waals surface area (Å²) < 4.78 is 2.41. The van der Waals surface area contributed by atoms with E-state index in [4.69, 9.17) is 0 Å². The summed E-state index contributed by atoms with van der Waals surface area (Å²) in [6, 6.07) is 38.7. The van der Waals surface area contributed by atoms with Crippen molar-refractivity contribution in [3.63, 3.8) is 0 Å². The smallest absolute Gasteiger partial charge is 0.0726 e. The van der Waals surface area contributed by atoms with Crippen LogP contribution in [0, 0.1) is 6.92 Å². The summed E-state index contributed by atoms with van der Waals surface area (Å²) in [5, 5.41) is 2.68. The van der Waals surface area contributed by atoms with Crippen molar-refractivity contribution in [3.8, 4) is 22.3 Å². The van der Waals surface area contributed by atoms with Crippen LogP contribution < -0.4 is 0 Å². The van der Waals surface area contributed by atoms with Gasteiger partial charge in [0.05, 0.1) is 10.9 Å². The van der Waals surface area contributed by atoms with Crippen molar-refractivity contribution in [2.75, 3.05) is 0 Å². The molecule has 0 radical (unpaired) electrons. The zero-order valence-electron chi connectivity index (χ0n) is 19.3. The predicted octanol–water partition coefficient (Wildman–Crippen LogP) is 7.98. The zero-order chi connectivity index (χ0) is 22.6. The second-order valence-corrected chi connectivity index (χ2v) is 9.85. The Bertz CT molecular complexity index is 1790. The van der Waals surface area contributed by atoms with E-state index in [1.807, 2.05) is 0 Å². The second kappa shape index (κ2) is 6.07. The molecule has 0 fully saturated rings. The molecule has 0 unspecified atom stereocenters. The zero-order valence-corrected chi connectivity index (χ0v) is 19.3. The van der Waals surface area contributed by atoms with Gasteiger partial charge in [-0.3, -0.25) is 0 Å². The Balaban J connectivity index is 1.63. The van der Waals surface area contributed by atoms with Crippen LogP contribution in [0.25, 0.3) is 44.1 Å². The van der Waals surface area contributed by atoms with Gasteiger partial charge in [0, 0.05) is 28.9 Å². The van der Waals surface area contributed by atoms with Crippen molar-refractivity contribution < 1.29 is 0 Å². The summed E-state index contributed by atoms with van der Waals surface area (Å²) in [6.45, 7) is 2.18. The molecule has 6 aromatic rings. The number of nitrogens with zero attached hydrogens (tertiary/aromatic N) is 1. The maximum absolute atomic E-state index is 2.42. The van der Waals surface area contributed by atoms with Gasteiger partial charge < -0.3 is 4.57 Å². The van der Waals surface area contributed by atoms with Crippen molar-refractivity contribution in [1.82, 2.24) is 4.57 Å². The van der Waals surface area contributed by atoms with E-state index in [0.717, 1.165) is 0 Å². The number of benzene rings is 5. The van der Waals surface area contributed by atoms with Gasteiger partial charge in [-0.05, 0) is 58.0 Å². The Labute approximate surface area is 198 Å². The van der Waals surface area contributed by atoms with Gasteiger partial charge >= 0.3 is 0 Å². The number of rotatable bonds is 0. The summed E-state index contributed by atoms with van der Waals surface area (Å²) in [5.41, 5.74) is 14.7. The van der Waals surface area contributed by atoms with Crippen LogP contribution in [0.2, 0.25) is 0 Å². The van der Waals surface area contributed by atoms with Gasteiger partial charge in [0.2, 0.25) is 0 Å². The Hall–Kier alpha value is -4.10. The highest BCUT2D eigenvalue weighted by Crippen LogP contribution is 2.63. The van der Waals surface area contributed by atoms with Crippen LogP contribution in [0.1, 0.15) is 27.8 Å². The number of fused-ring (bicyclic) bond motifs is 14. The molecule has 1 heteroatoms. The molecule has 5 aromatic carbocycles. The molecule has 1 aromatic heterocycles. The predicted molar refractivity (Wildman–Crippen MR) is 141 cm³/mol. The standard InChI is InChI=1S/C33H23N/c1-20-15-18-30-25(19-20)23-16-17-29-31(32(23)34(30)2)24-11-5-8-14-28(24)33(29)26-12-6-3-9-21(26)22-10-4-7-13-27(22)33/h3-19H,1-2H3. The third kappa shape index (κ3) is 1.91. The first-order valence-electron chi connectivity index (χ1n) is 12.0. The fourth-order valence-electron chi connectivity index (χ4n) is 7.01. The minimum Gasteiger partial charge on any atom is -0.343 e. The van der Waals surface area contributed by atoms with Crippen LogP contribution in [0.4, 0.5) is 0 Å². The van der Waals surface area contributed by atoms with Gasteiger partial charge in [0.25, 0.3) is 0 Å². The monoisotopic (exact) mass is 433 g/mol. The minimum absolute atomic E-state index is 0.278. The molecule has 2 aliphatic carbocycles. The van der Waals surface area contributed by atoms with Crippen molar-refractivity contribution in [1.29, 1.82) is 0 Å². The molecule has 0 saturated carbocycles. The lowest BCUT2D eigenvalue weighted by Crippen LogP contribution is -2.25. The molecule has 0 N–H and O–H groups in total. The van der Waals surface area contributed by atoms with E-state index in [2.05, 4.69) is 122 Å². The summed E-state index contributed by atoms with van der Waals surface area (Å²) in [5.74, 6) is 0. The third-order valence-corrected chi connectivity index (χ3v) is 8.27. The molecule has 1 nitrogen and oxygen atoms in total. The fourth-order valence-corrected chi connectivity index (χ4v) is 7.01. The molecule has 0 bridgehead atoms. The van der Waals surface area contributed by atoms with Crippen LogP contribution in [-0.2, 0) is 12.5 Å². The van der Waals surface area contributed by atoms with Gasteiger partial charge in [0.15, 0.2) is 0 Å². The molecule has 0 aliphatic heterocycles. The highest BCUT2D eigenvalue weighted by molar-refractivity contribution is 6.15. The normalized spacial score (nSPS) is 14.4. The maximum atomic E-state index is 2.42. The highest BCUT2D eigenvalue weighted by Gasteiger charge is 2.52. The quantitative estimate of drug-likeness (QED) is 0.228. The maximum Gasteiger partial charge on any atom is 0.0726 e. The SMILES string of the molecule is Cc1ccc2c(c1)c1ccc3c(c1n2C)-c1ccccc1C31c2ccccc2-c2ccccc21. The Kier molecular flexibility index (Phi) is 3.27. The molecule has 0 atom stereocenters. The van der Waals surface area contributed by atoms with E-state index in [1.165, 1.54) is 71.9 Å². The topological polar surface area (TPSA) is 4.93 Å². The van der Waals surface area contributed by atoms with E-state index in [1.54, 1.807) is 0 Å². The van der Waals surface area contributed by atoms with Crippen LogP contribution in [-0.4, -0.2) is 4.57 Å². The minimum atomic E-state index is -0.278. The molecule has 1 spiro atoms. The van der Waals surface area contributed by atoms with Crippen LogP contribution in [0.15, 0.2) is 103 Å². The van der Waals surface area contributed by atoms with E-state index in [9.17, 15) is 0 Å². The van der Waals surface area contributed by atoms with Gasteiger partial charge in [-0.2, -0.15) is 0 Å². The van der Waals surface area contributed by atoms with Gasteiger partial charge in [-0.15, -0.1) is 0 Å². The molecule has 0 amide bonds. The van der Waals surface area contributed by atoms with Gasteiger partial charge in [-0.25, -0.2) is 0 Å². The second-order valence-electron chi connectivity index (χ2n) is 9.85. The lowest BCUT2D eigenvalue weighted by atomic mass is 9.70. The summed E-state index contributed by atoms with van der Waals surface area (Å²) in [4.78, 5) is 0. The average molecular weight is 434 g/mol. The first kappa shape index (κ1) is 18.3. The van der Waals surface area contributed by atoms with E-state index >= 15 is 0 Å². The van der Waals surface area contributed by atoms with Crippen molar-refractivity contribution in [2.24, 2.45) is 7.05 Å². The molecule has 1 heterocycles. The number of hydrogen-bond acceptors (Lipinski definition) is 0. The average Bonchev–Trinajstić information content (AvgIpc) is 3.46. The number of hydrogen-bond donors (Lipinski definition) is 0. The summed E-state index contributed by atoms with van der Waals surface area (Å²) in [6.07, 6.45) is 0. The lowest BCUT2D eigenvalue weighted by molar-refractivity contribution is 0.794. The van der Waals surface area contributed by atoms with Crippen molar-refractivity contribution >= 4 is 21.8 Å². The van der Waals surface area contributed by atoms with Gasteiger partial charge in [0.1, 0.15) is 0 Å². The number of aryl methyl sites for hydroxylation is 2. The van der Waals surface area contributed by atoms with Crippen LogP contribution in [0.5, 0.6) is 0 Å². The van der Waals surface area contributed by atoms with E-state index < -0.39 is 0 Å². The summed E-state index contributed by atoms with van der Waals surface area (Å²) in [7, 11) is 2.23. The summed E-state index contributed by atoms with van der Waals surface area (Å²) >= 11 is 0.